The Bertz CT molecular complexity index is 2280. The summed E-state index contributed by atoms with van der Waals surface area (Å²) in [5, 5.41) is 0. The zero-order valence-electron chi connectivity index (χ0n) is 27.0. The predicted octanol–water partition coefficient (Wildman–Crippen LogP) is 11.8. The van der Waals surface area contributed by atoms with Gasteiger partial charge in [-0.1, -0.05) is 133 Å². The monoisotopic (exact) mass is 642 g/mol. The molecule has 0 aliphatic carbocycles. The average Bonchev–Trinajstić information content (AvgIpc) is 3.20. The van der Waals surface area contributed by atoms with E-state index in [0.29, 0.717) is 17.5 Å². The lowest BCUT2D eigenvalue weighted by Gasteiger charge is -2.32. The Morgan fingerprint density at radius 3 is 1.04 bits per heavy atom. The molecule has 1 aliphatic heterocycles. The van der Waals surface area contributed by atoms with Crippen molar-refractivity contribution in [1.29, 1.82) is 0 Å². The maximum atomic E-state index is 6.23. The molecular weight excluding hydrogens is 613 g/mol. The number of aromatic nitrogens is 3. The molecule has 0 fully saturated rings. The van der Waals surface area contributed by atoms with Gasteiger partial charge in [0, 0.05) is 22.4 Å². The van der Waals surface area contributed by atoms with Gasteiger partial charge in [0.05, 0.1) is 11.4 Å². The third-order valence-electron chi connectivity index (χ3n) is 8.95. The van der Waals surface area contributed by atoms with Crippen LogP contribution in [-0.2, 0) is 0 Å². The molecule has 1 aromatic heterocycles. The molecule has 1 aliphatic rings. The molecule has 0 saturated heterocycles. The summed E-state index contributed by atoms with van der Waals surface area (Å²) in [6, 6.07) is 62.2. The minimum Gasteiger partial charge on any atom is -0.453 e. The lowest BCUT2D eigenvalue weighted by Crippen LogP contribution is -2.15. The van der Waals surface area contributed by atoms with Gasteiger partial charge in [-0.3, -0.25) is 0 Å². The SMILES string of the molecule is c1ccc(-c2ccc(-c3nc(-c4ccc(-c5ccccc5)cc4)nc(-c4ccc(N5c6ccccc6Oc6ccccc65)cc4)n3)cc2)cc1. The number of hydrogen-bond donors (Lipinski definition) is 0. The number of rotatable bonds is 6. The molecular formula is C45H30N4O. The van der Waals surface area contributed by atoms with E-state index in [1.165, 1.54) is 11.1 Å². The van der Waals surface area contributed by atoms with Crippen LogP contribution in [0.4, 0.5) is 17.1 Å². The summed E-state index contributed by atoms with van der Waals surface area (Å²) < 4.78 is 6.23. The summed E-state index contributed by atoms with van der Waals surface area (Å²) in [5.41, 5.74) is 10.4. The highest BCUT2D eigenvalue weighted by Crippen LogP contribution is 2.50. The Labute approximate surface area is 290 Å². The molecule has 0 spiro atoms. The second-order valence-corrected chi connectivity index (χ2v) is 12.1. The van der Waals surface area contributed by atoms with Crippen molar-refractivity contribution in [3.05, 3.63) is 182 Å². The number of ether oxygens (including phenoxy) is 1. The van der Waals surface area contributed by atoms with Crippen LogP contribution >= 0.6 is 0 Å². The second kappa shape index (κ2) is 12.6. The van der Waals surface area contributed by atoms with Crippen LogP contribution in [0.2, 0.25) is 0 Å². The van der Waals surface area contributed by atoms with E-state index in [4.69, 9.17) is 19.7 Å². The maximum absolute atomic E-state index is 6.23. The van der Waals surface area contributed by atoms with Crippen molar-refractivity contribution >= 4 is 17.1 Å². The first-order chi connectivity index (χ1) is 24.8. The molecule has 5 nitrogen and oxygen atoms in total. The number of nitrogens with zero attached hydrogens (tertiary/aromatic N) is 4. The maximum Gasteiger partial charge on any atom is 0.164 e. The van der Waals surface area contributed by atoms with Gasteiger partial charge in [0.2, 0.25) is 0 Å². The smallest absolute Gasteiger partial charge is 0.164 e. The van der Waals surface area contributed by atoms with Crippen LogP contribution in [0.5, 0.6) is 11.5 Å². The summed E-state index contributed by atoms with van der Waals surface area (Å²) in [7, 11) is 0. The molecule has 9 rings (SSSR count). The first-order valence-corrected chi connectivity index (χ1v) is 16.6. The normalized spacial score (nSPS) is 11.7. The van der Waals surface area contributed by atoms with E-state index >= 15 is 0 Å². The highest BCUT2D eigenvalue weighted by atomic mass is 16.5. The Balaban J connectivity index is 1.11. The van der Waals surface area contributed by atoms with Crippen LogP contribution < -0.4 is 9.64 Å². The van der Waals surface area contributed by atoms with Gasteiger partial charge in [-0.25, -0.2) is 15.0 Å². The Morgan fingerprint density at radius 1 is 0.300 bits per heavy atom. The van der Waals surface area contributed by atoms with Crippen LogP contribution in [0.3, 0.4) is 0 Å². The lowest BCUT2D eigenvalue weighted by atomic mass is 10.0. The van der Waals surface area contributed by atoms with Gasteiger partial charge in [-0.15, -0.1) is 0 Å². The van der Waals surface area contributed by atoms with Crippen molar-refractivity contribution in [2.24, 2.45) is 0 Å². The number of para-hydroxylation sites is 4. The van der Waals surface area contributed by atoms with Crippen LogP contribution in [-0.4, -0.2) is 15.0 Å². The zero-order valence-corrected chi connectivity index (χ0v) is 27.0. The van der Waals surface area contributed by atoms with Gasteiger partial charge in [0.1, 0.15) is 0 Å². The van der Waals surface area contributed by atoms with E-state index in [0.717, 1.165) is 56.4 Å². The van der Waals surface area contributed by atoms with Gasteiger partial charge in [-0.05, 0) is 70.8 Å². The second-order valence-electron chi connectivity index (χ2n) is 12.1. The summed E-state index contributed by atoms with van der Waals surface area (Å²) >= 11 is 0. The van der Waals surface area contributed by atoms with Crippen molar-refractivity contribution in [2.75, 3.05) is 4.90 Å². The minimum absolute atomic E-state index is 0.610. The van der Waals surface area contributed by atoms with Crippen molar-refractivity contribution in [3.8, 4) is 67.9 Å². The van der Waals surface area contributed by atoms with E-state index in [1.807, 2.05) is 48.5 Å². The predicted molar refractivity (Wildman–Crippen MR) is 202 cm³/mol. The Morgan fingerprint density at radius 2 is 0.620 bits per heavy atom. The van der Waals surface area contributed by atoms with Crippen molar-refractivity contribution in [3.63, 3.8) is 0 Å². The van der Waals surface area contributed by atoms with Crippen molar-refractivity contribution < 1.29 is 4.74 Å². The fourth-order valence-electron chi connectivity index (χ4n) is 6.39. The molecule has 0 unspecified atom stereocenters. The van der Waals surface area contributed by atoms with E-state index in [1.54, 1.807) is 0 Å². The third-order valence-corrected chi connectivity index (χ3v) is 8.95. The summed E-state index contributed by atoms with van der Waals surface area (Å²) in [6.07, 6.45) is 0. The summed E-state index contributed by atoms with van der Waals surface area (Å²) in [6.45, 7) is 0. The standard InChI is InChI=1S/C45H30N4O/c1-3-11-31(12-4-1)33-19-23-35(24-20-33)43-46-44(36-25-21-34(22-26-36)32-13-5-2-6-14-32)48-45(47-43)37-27-29-38(30-28-37)49-39-15-7-9-17-41(39)50-42-18-10-8-16-40(42)49/h1-30H. The molecule has 236 valence electrons. The van der Waals surface area contributed by atoms with Crippen LogP contribution in [0.15, 0.2) is 182 Å². The molecule has 0 bridgehead atoms. The van der Waals surface area contributed by atoms with E-state index < -0.39 is 0 Å². The third kappa shape index (κ3) is 5.57. The van der Waals surface area contributed by atoms with Crippen molar-refractivity contribution in [1.82, 2.24) is 15.0 Å². The average molecular weight is 643 g/mol. The molecule has 0 radical (unpaired) electrons. The van der Waals surface area contributed by atoms with E-state index in [2.05, 4.69) is 138 Å². The Hall–Kier alpha value is -6.85. The largest absolute Gasteiger partial charge is 0.453 e. The summed E-state index contributed by atoms with van der Waals surface area (Å²) in [4.78, 5) is 17.3. The molecule has 0 atom stereocenters. The van der Waals surface area contributed by atoms with Gasteiger partial charge in [-0.2, -0.15) is 0 Å². The van der Waals surface area contributed by atoms with Crippen LogP contribution in [0, 0.1) is 0 Å². The molecule has 0 saturated carbocycles. The molecule has 2 heterocycles. The minimum atomic E-state index is 0.610. The summed E-state index contributed by atoms with van der Waals surface area (Å²) in [5.74, 6) is 3.49. The molecule has 0 N–H and O–H groups in total. The molecule has 0 amide bonds. The zero-order chi connectivity index (χ0) is 33.3. The van der Waals surface area contributed by atoms with E-state index in [9.17, 15) is 0 Å². The van der Waals surface area contributed by atoms with Gasteiger partial charge in [0.15, 0.2) is 29.0 Å². The quantitative estimate of drug-likeness (QED) is 0.181. The number of benzene rings is 7. The van der Waals surface area contributed by atoms with Gasteiger partial charge < -0.3 is 9.64 Å². The highest BCUT2D eigenvalue weighted by molar-refractivity contribution is 5.86. The molecule has 5 heteroatoms. The van der Waals surface area contributed by atoms with Gasteiger partial charge in [0.25, 0.3) is 0 Å². The van der Waals surface area contributed by atoms with E-state index in [-0.39, 0.29) is 0 Å². The fraction of sp³-hybridized carbons (Fsp3) is 0. The topological polar surface area (TPSA) is 51.1 Å². The number of fused-ring (bicyclic) bond motifs is 2. The Kier molecular flexibility index (Phi) is 7.41. The van der Waals surface area contributed by atoms with Gasteiger partial charge >= 0.3 is 0 Å². The molecule has 8 aromatic rings. The molecule has 50 heavy (non-hydrogen) atoms. The van der Waals surface area contributed by atoms with Crippen LogP contribution in [0.25, 0.3) is 56.4 Å². The van der Waals surface area contributed by atoms with Crippen molar-refractivity contribution in [2.45, 2.75) is 0 Å². The number of hydrogen-bond acceptors (Lipinski definition) is 5. The fourth-order valence-corrected chi connectivity index (χ4v) is 6.39. The highest BCUT2D eigenvalue weighted by Gasteiger charge is 2.25. The molecule has 7 aromatic carbocycles. The first-order valence-electron chi connectivity index (χ1n) is 16.6. The first kappa shape index (κ1) is 29.3. The number of anilines is 3. The van der Waals surface area contributed by atoms with Crippen LogP contribution in [0.1, 0.15) is 0 Å². The lowest BCUT2D eigenvalue weighted by molar-refractivity contribution is 0.477.